The minimum absolute atomic E-state index is 0.0779. The van der Waals surface area contributed by atoms with E-state index in [9.17, 15) is 0 Å². The molecule has 0 aliphatic carbocycles. The minimum atomic E-state index is -0.0779. The summed E-state index contributed by atoms with van der Waals surface area (Å²) < 4.78 is 7.16. The highest BCUT2D eigenvalue weighted by atomic mass is 32.2. The molecule has 7 heteroatoms. The van der Waals surface area contributed by atoms with Gasteiger partial charge in [0.05, 0.1) is 11.4 Å². The Labute approximate surface area is 399 Å². The summed E-state index contributed by atoms with van der Waals surface area (Å²) in [6.45, 7) is 0.00776. The second kappa shape index (κ2) is 15.5. The van der Waals surface area contributed by atoms with Gasteiger partial charge in [-0.3, -0.25) is 0 Å². The maximum absolute atomic E-state index is 7.16. The van der Waals surface area contributed by atoms with Crippen molar-refractivity contribution in [3.63, 3.8) is 0 Å². The zero-order chi connectivity index (χ0) is 44.0. The molecule has 0 radical (unpaired) electrons. The van der Waals surface area contributed by atoms with Crippen LogP contribution in [-0.2, 0) is 0 Å². The van der Waals surface area contributed by atoms with Crippen LogP contribution in [0.15, 0.2) is 250 Å². The Balaban J connectivity index is 1.07. The largest absolute Gasteiger partial charge is 0.458 e. The van der Waals surface area contributed by atoms with Crippen LogP contribution in [0.5, 0.6) is 11.5 Å². The van der Waals surface area contributed by atoms with Crippen LogP contribution in [0.4, 0.5) is 34.1 Å². The predicted octanol–water partition coefficient (Wildman–Crippen LogP) is 12.3. The highest BCUT2D eigenvalue weighted by Gasteiger charge is 2.46. The molecule has 0 atom stereocenters. The van der Waals surface area contributed by atoms with E-state index in [0.717, 1.165) is 45.5 Å². The Bertz CT molecular complexity index is 3550. The smallest absolute Gasteiger partial charge is 0.256 e. The van der Waals surface area contributed by atoms with E-state index in [1.807, 2.05) is 23.5 Å². The molecule has 0 amide bonds. The molecule has 14 rings (SSSR count). The van der Waals surface area contributed by atoms with Gasteiger partial charge in [-0.2, -0.15) is 0 Å². The molecular formula is C60H38B2N2OS2. The quantitative estimate of drug-likeness (QED) is 0.154. The number of hydrogen-bond acceptors (Lipinski definition) is 5. The molecule has 0 saturated carbocycles. The summed E-state index contributed by atoms with van der Waals surface area (Å²) in [5.74, 6) is 1.76. The van der Waals surface area contributed by atoms with E-state index in [-0.39, 0.29) is 13.4 Å². The maximum atomic E-state index is 7.16. The Morgan fingerprint density at radius 1 is 0.343 bits per heavy atom. The minimum Gasteiger partial charge on any atom is -0.458 e. The molecule has 3 nitrogen and oxygen atoms in total. The van der Waals surface area contributed by atoms with Crippen molar-refractivity contribution in [1.29, 1.82) is 0 Å². The third kappa shape index (κ3) is 6.19. The van der Waals surface area contributed by atoms with Gasteiger partial charge in [0, 0.05) is 54.0 Å². The second-order valence-corrected chi connectivity index (χ2v) is 19.7. The Morgan fingerprint density at radius 3 is 1.66 bits per heavy atom. The van der Waals surface area contributed by atoms with E-state index in [0.29, 0.717) is 0 Å². The topological polar surface area (TPSA) is 15.7 Å². The molecule has 4 aliphatic heterocycles. The lowest BCUT2D eigenvalue weighted by Crippen LogP contribution is -2.63. The van der Waals surface area contributed by atoms with Gasteiger partial charge in [0.1, 0.15) is 11.5 Å². The molecule has 312 valence electrons. The van der Waals surface area contributed by atoms with Crippen molar-refractivity contribution < 1.29 is 4.74 Å². The Morgan fingerprint density at radius 2 is 0.925 bits per heavy atom. The van der Waals surface area contributed by atoms with Crippen LogP contribution < -0.4 is 47.3 Å². The lowest BCUT2D eigenvalue weighted by atomic mass is 9.32. The third-order valence-corrected chi connectivity index (χ3v) is 16.1. The first-order chi connectivity index (χ1) is 33.2. The molecule has 0 saturated heterocycles. The van der Waals surface area contributed by atoms with E-state index in [2.05, 4.69) is 240 Å². The molecule has 0 bridgehead atoms. The van der Waals surface area contributed by atoms with Crippen molar-refractivity contribution in [1.82, 2.24) is 0 Å². The summed E-state index contributed by atoms with van der Waals surface area (Å²) in [7, 11) is 0. The zero-order valence-electron chi connectivity index (χ0n) is 36.2. The van der Waals surface area contributed by atoms with Gasteiger partial charge in [0.2, 0.25) is 6.71 Å². The lowest BCUT2D eigenvalue weighted by Gasteiger charge is -2.43. The number of hydrogen-bond donors (Lipinski definition) is 0. The summed E-state index contributed by atoms with van der Waals surface area (Å²) >= 11 is 3.84. The van der Waals surface area contributed by atoms with Crippen molar-refractivity contribution in [2.75, 3.05) is 9.80 Å². The zero-order valence-corrected chi connectivity index (χ0v) is 37.8. The normalized spacial score (nSPS) is 13.3. The van der Waals surface area contributed by atoms with Crippen LogP contribution in [0.25, 0.3) is 22.3 Å². The van der Waals surface area contributed by atoms with Crippen LogP contribution in [0, 0.1) is 0 Å². The number of anilines is 6. The first-order valence-corrected chi connectivity index (χ1v) is 24.5. The highest BCUT2D eigenvalue weighted by molar-refractivity contribution is 8.01. The SMILES string of the molecule is c1ccc(-c2cc3c4c(c2)Sc2cc5c(cc2B4c2ccccc2S3)B2c3ccccc3Oc3cc(N(c4ccccc4)c4ccccc4)cc(c32)N5c2ccccc2-c2ccccc2)cc1. The van der Waals surface area contributed by atoms with Crippen molar-refractivity contribution in [3.8, 4) is 33.8 Å². The number of nitrogens with zero attached hydrogens (tertiary/aromatic N) is 2. The lowest BCUT2D eigenvalue weighted by molar-refractivity contribution is 0.487. The number of benzene rings is 10. The van der Waals surface area contributed by atoms with E-state index < -0.39 is 0 Å². The van der Waals surface area contributed by atoms with Crippen LogP contribution in [0.3, 0.4) is 0 Å². The summed E-state index contributed by atoms with van der Waals surface area (Å²) in [6, 6.07) is 84.4. The highest BCUT2D eigenvalue weighted by Crippen LogP contribution is 2.49. The van der Waals surface area contributed by atoms with E-state index in [1.54, 1.807) is 0 Å². The monoisotopic (exact) mass is 888 g/mol. The second-order valence-electron chi connectivity index (χ2n) is 17.6. The Hall–Kier alpha value is -7.57. The fourth-order valence-electron chi connectivity index (χ4n) is 10.9. The molecule has 10 aromatic carbocycles. The van der Waals surface area contributed by atoms with Gasteiger partial charge < -0.3 is 14.5 Å². The van der Waals surface area contributed by atoms with Gasteiger partial charge in [-0.25, -0.2) is 0 Å². The molecule has 0 spiro atoms. The van der Waals surface area contributed by atoms with Crippen molar-refractivity contribution >= 4 is 104 Å². The summed E-state index contributed by atoms with van der Waals surface area (Å²) in [5.41, 5.74) is 19.2. The number of para-hydroxylation sites is 4. The molecule has 4 heterocycles. The first-order valence-electron chi connectivity index (χ1n) is 22.9. The summed E-state index contributed by atoms with van der Waals surface area (Å²) in [5, 5.41) is 0. The van der Waals surface area contributed by atoms with Crippen molar-refractivity contribution in [3.05, 3.63) is 231 Å². The van der Waals surface area contributed by atoms with E-state index in [1.165, 1.54) is 74.7 Å². The molecule has 0 N–H and O–H groups in total. The van der Waals surface area contributed by atoms with Gasteiger partial charge in [0.15, 0.2) is 0 Å². The number of rotatable bonds is 6. The van der Waals surface area contributed by atoms with Crippen LogP contribution in [0.2, 0.25) is 0 Å². The summed E-state index contributed by atoms with van der Waals surface area (Å²) in [6.07, 6.45) is 0. The predicted molar refractivity (Wildman–Crippen MR) is 284 cm³/mol. The van der Waals surface area contributed by atoms with Crippen LogP contribution >= 0.6 is 23.5 Å². The fourth-order valence-corrected chi connectivity index (χ4v) is 13.4. The average molecular weight is 889 g/mol. The molecule has 0 unspecified atom stereocenters. The molecule has 10 aromatic rings. The van der Waals surface area contributed by atoms with Gasteiger partial charge in [-0.15, -0.1) is 0 Å². The molecular weight excluding hydrogens is 850 g/mol. The molecule has 4 aliphatic rings. The Kier molecular flexibility index (Phi) is 8.96. The van der Waals surface area contributed by atoms with Gasteiger partial charge >= 0.3 is 0 Å². The van der Waals surface area contributed by atoms with E-state index >= 15 is 0 Å². The van der Waals surface area contributed by atoms with Crippen molar-refractivity contribution in [2.24, 2.45) is 0 Å². The molecule has 0 aromatic heterocycles. The summed E-state index contributed by atoms with van der Waals surface area (Å²) in [4.78, 5) is 10.2. The fraction of sp³-hybridized carbons (Fsp3) is 0. The number of ether oxygens (including phenoxy) is 1. The first kappa shape index (κ1) is 38.7. The van der Waals surface area contributed by atoms with Gasteiger partial charge in [-0.1, -0.05) is 192 Å². The molecule has 0 fully saturated rings. The molecule has 67 heavy (non-hydrogen) atoms. The van der Waals surface area contributed by atoms with Crippen molar-refractivity contribution in [2.45, 2.75) is 19.6 Å². The number of fused-ring (bicyclic) bond motifs is 8. The van der Waals surface area contributed by atoms with Crippen LogP contribution in [0.1, 0.15) is 0 Å². The average Bonchev–Trinajstić information content (AvgIpc) is 3.39. The standard InChI is InChI=1S/C60H38B2N2OS2/c1-5-19-39(20-6-1)41-33-57-60-58(34-41)67-56-38-51-48(37-49(56)62(60)47-29-15-18-32-55(47)66-57)61-46-28-14-17-31-53(46)65-54-36-44(63(42-23-9-3-10-24-42)43-25-11-4-12-26-43)35-52(59(54)61)64(51)50-30-16-13-27-45(50)40-21-7-2-8-22-40/h1-38H. The van der Waals surface area contributed by atoms with Gasteiger partial charge in [-0.05, 0) is 105 Å². The third-order valence-electron chi connectivity index (χ3n) is 13.8. The maximum Gasteiger partial charge on any atom is 0.256 e. The van der Waals surface area contributed by atoms with Gasteiger partial charge in [0.25, 0.3) is 6.71 Å². The van der Waals surface area contributed by atoms with Crippen LogP contribution in [-0.4, -0.2) is 13.4 Å². The van der Waals surface area contributed by atoms with E-state index in [4.69, 9.17) is 4.74 Å².